The Hall–Kier alpha value is -0.780. The highest BCUT2D eigenvalue weighted by Gasteiger charge is 2.38. The highest BCUT2D eigenvalue weighted by atomic mass is 79.9. The zero-order chi connectivity index (χ0) is 13.7. The number of alkyl carbamates (subject to hydrolysis) is 1. The molecule has 1 unspecified atom stereocenters. The number of carbonyl (C=O) groups excluding carboxylic acids is 2. The highest BCUT2D eigenvalue weighted by molar-refractivity contribution is 9.10. The van der Waals surface area contributed by atoms with Crippen molar-refractivity contribution in [2.24, 2.45) is 0 Å². The van der Waals surface area contributed by atoms with Gasteiger partial charge in [-0.25, -0.2) is 9.59 Å². The number of rotatable bonds is 4. The maximum atomic E-state index is 11.7. The molecule has 1 atom stereocenters. The summed E-state index contributed by atoms with van der Waals surface area (Å²) < 4.78 is 8.72. The van der Waals surface area contributed by atoms with Gasteiger partial charge in [-0.05, 0) is 50.0 Å². The number of alkyl halides is 1. The summed E-state index contributed by atoms with van der Waals surface area (Å²) in [4.78, 5) is 23.2. The first kappa shape index (κ1) is 16.2. The van der Waals surface area contributed by atoms with E-state index in [2.05, 4.69) is 21.2 Å². The average molecular weight is 310 g/mol. The molecule has 0 aromatic heterocycles. The summed E-state index contributed by atoms with van der Waals surface area (Å²) in [5.74, 6) is -0.534. The van der Waals surface area contributed by atoms with Gasteiger partial charge in [0.25, 0.3) is 0 Å². The van der Waals surface area contributed by atoms with E-state index >= 15 is 0 Å². The van der Waals surface area contributed by atoms with E-state index in [4.69, 9.17) is 9.47 Å². The smallest absolute Gasteiger partial charge is 0.409 e. The van der Waals surface area contributed by atoms with Crippen LogP contribution in [0.25, 0.3) is 0 Å². The summed E-state index contributed by atoms with van der Waals surface area (Å²) in [5.41, 5.74) is -0.611. The van der Waals surface area contributed by atoms with Gasteiger partial charge in [-0.3, -0.25) is 5.32 Å². The van der Waals surface area contributed by atoms with Crippen molar-refractivity contribution in [2.75, 3.05) is 6.61 Å². The Morgan fingerprint density at radius 1 is 1.24 bits per heavy atom. The first-order chi connectivity index (χ1) is 7.64. The Labute approximate surface area is 110 Å². The van der Waals surface area contributed by atoms with Gasteiger partial charge in [-0.15, -0.1) is 0 Å². The van der Waals surface area contributed by atoms with Gasteiger partial charge in [-0.1, -0.05) is 6.92 Å². The molecule has 0 aromatic carbocycles. The molecule has 1 N–H and O–H groups in total. The number of carbonyl (C=O) groups is 2. The largest absolute Gasteiger partial charge is 0.464 e. The summed E-state index contributed by atoms with van der Waals surface area (Å²) in [5, 5.41) is 2.47. The van der Waals surface area contributed by atoms with Crippen molar-refractivity contribution < 1.29 is 19.1 Å². The van der Waals surface area contributed by atoms with E-state index in [1.165, 1.54) is 0 Å². The van der Waals surface area contributed by atoms with Crippen LogP contribution in [0.2, 0.25) is 0 Å². The summed E-state index contributed by atoms with van der Waals surface area (Å²) in [6, 6.07) is 0. The van der Waals surface area contributed by atoms with Gasteiger partial charge in [0.1, 0.15) is 5.60 Å². The Balaban J connectivity index is 4.58. The van der Waals surface area contributed by atoms with Crippen molar-refractivity contribution in [3.05, 3.63) is 0 Å². The predicted octanol–water partition coefficient (Wildman–Crippen LogP) is 2.58. The minimum atomic E-state index is -1.23. The normalized spacial score (nSPS) is 14.7. The third-order valence-corrected chi connectivity index (χ3v) is 2.87. The number of halogens is 1. The van der Waals surface area contributed by atoms with E-state index < -0.39 is 22.1 Å². The van der Waals surface area contributed by atoms with Crippen molar-refractivity contribution in [2.45, 2.75) is 51.1 Å². The number of esters is 1. The molecular formula is C11H20BrNO4. The van der Waals surface area contributed by atoms with Gasteiger partial charge in [0.05, 0.1) is 6.61 Å². The SMILES string of the molecule is CCOC(=O)C(Br)(CC)NC(=O)OC(C)(C)C. The fraction of sp³-hybridized carbons (Fsp3) is 0.818. The third-order valence-electron chi connectivity index (χ3n) is 1.79. The fourth-order valence-electron chi connectivity index (χ4n) is 0.995. The number of hydrogen-bond donors (Lipinski definition) is 1. The maximum absolute atomic E-state index is 11.7. The molecule has 0 rings (SSSR count). The van der Waals surface area contributed by atoms with E-state index in [0.717, 1.165) is 0 Å². The van der Waals surface area contributed by atoms with Gasteiger partial charge >= 0.3 is 12.1 Å². The van der Waals surface area contributed by atoms with Crippen LogP contribution < -0.4 is 5.32 Å². The molecule has 0 saturated carbocycles. The molecule has 0 aliphatic carbocycles. The summed E-state index contributed by atoms with van der Waals surface area (Å²) in [7, 11) is 0. The Morgan fingerprint density at radius 3 is 2.12 bits per heavy atom. The zero-order valence-electron chi connectivity index (χ0n) is 10.9. The molecule has 0 saturated heterocycles. The van der Waals surface area contributed by atoms with Crippen LogP contribution in [0, 0.1) is 0 Å². The molecule has 17 heavy (non-hydrogen) atoms. The quantitative estimate of drug-likeness (QED) is 0.492. The molecule has 100 valence electrons. The minimum Gasteiger partial charge on any atom is -0.464 e. The van der Waals surface area contributed by atoms with Crippen LogP contribution in [0.3, 0.4) is 0 Å². The van der Waals surface area contributed by atoms with E-state index in [1.54, 1.807) is 34.6 Å². The summed E-state index contributed by atoms with van der Waals surface area (Å²) >= 11 is 3.17. The van der Waals surface area contributed by atoms with Crippen molar-refractivity contribution in [3.8, 4) is 0 Å². The molecule has 0 aliphatic rings. The molecule has 0 spiro atoms. The molecule has 0 heterocycles. The molecule has 0 fully saturated rings. The van der Waals surface area contributed by atoms with Gasteiger partial charge in [0.15, 0.2) is 4.45 Å². The molecule has 0 bridgehead atoms. The molecule has 5 nitrogen and oxygen atoms in total. The standard InChI is InChI=1S/C11H20BrNO4/c1-6-11(12,8(14)16-7-2)13-9(15)17-10(3,4)5/h6-7H2,1-5H3,(H,13,15). The Morgan fingerprint density at radius 2 is 1.76 bits per heavy atom. The first-order valence-corrected chi connectivity index (χ1v) is 6.31. The molecule has 0 aromatic rings. The number of nitrogens with one attached hydrogen (secondary N) is 1. The van der Waals surface area contributed by atoms with Gasteiger partial charge in [0, 0.05) is 0 Å². The number of ether oxygens (including phenoxy) is 2. The van der Waals surface area contributed by atoms with Crippen molar-refractivity contribution in [1.82, 2.24) is 5.32 Å². The monoisotopic (exact) mass is 309 g/mol. The lowest BCUT2D eigenvalue weighted by Gasteiger charge is -2.27. The molecule has 6 heteroatoms. The lowest BCUT2D eigenvalue weighted by atomic mass is 10.2. The second-order valence-electron chi connectivity index (χ2n) is 4.50. The molecular weight excluding hydrogens is 290 g/mol. The van der Waals surface area contributed by atoms with E-state index in [-0.39, 0.29) is 6.61 Å². The van der Waals surface area contributed by atoms with Gasteiger partial charge in [0.2, 0.25) is 0 Å². The van der Waals surface area contributed by atoms with Gasteiger partial charge < -0.3 is 9.47 Å². The van der Waals surface area contributed by atoms with Crippen LogP contribution in [-0.2, 0) is 14.3 Å². The van der Waals surface area contributed by atoms with Crippen molar-refractivity contribution in [3.63, 3.8) is 0 Å². The summed E-state index contributed by atoms with van der Waals surface area (Å²) in [6.45, 7) is 8.95. The third kappa shape index (κ3) is 5.91. The van der Waals surface area contributed by atoms with Crippen LogP contribution >= 0.6 is 15.9 Å². The lowest BCUT2D eigenvalue weighted by Crippen LogP contribution is -2.51. The molecule has 0 radical (unpaired) electrons. The van der Waals surface area contributed by atoms with Gasteiger partial charge in [-0.2, -0.15) is 0 Å². The maximum Gasteiger partial charge on any atom is 0.409 e. The molecule has 0 aliphatic heterocycles. The predicted molar refractivity (Wildman–Crippen MR) is 68.0 cm³/mol. The van der Waals surface area contributed by atoms with Crippen LogP contribution in [0.1, 0.15) is 41.0 Å². The summed E-state index contributed by atoms with van der Waals surface area (Å²) in [6.07, 6.45) is -0.310. The topological polar surface area (TPSA) is 64.6 Å². The van der Waals surface area contributed by atoms with Crippen molar-refractivity contribution in [1.29, 1.82) is 0 Å². The van der Waals surface area contributed by atoms with Crippen LogP contribution in [0.5, 0.6) is 0 Å². The van der Waals surface area contributed by atoms with Crippen LogP contribution in [0.15, 0.2) is 0 Å². The zero-order valence-corrected chi connectivity index (χ0v) is 12.5. The average Bonchev–Trinajstić information content (AvgIpc) is 2.14. The van der Waals surface area contributed by atoms with Crippen molar-refractivity contribution >= 4 is 28.0 Å². The van der Waals surface area contributed by atoms with Crippen LogP contribution in [0.4, 0.5) is 4.79 Å². The second-order valence-corrected chi connectivity index (χ2v) is 5.86. The Kier molecular flexibility index (Phi) is 5.95. The fourth-order valence-corrected chi connectivity index (χ4v) is 1.27. The first-order valence-electron chi connectivity index (χ1n) is 5.52. The van der Waals surface area contributed by atoms with E-state index in [9.17, 15) is 9.59 Å². The Bertz CT molecular complexity index is 288. The number of amides is 1. The van der Waals surface area contributed by atoms with Crippen LogP contribution in [-0.4, -0.2) is 28.7 Å². The second kappa shape index (κ2) is 6.23. The van der Waals surface area contributed by atoms with E-state index in [0.29, 0.717) is 6.42 Å². The van der Waals surface area contributed by atoms with E-state index in [1.807, 2.05) is 0 Å². The highest BCUT2D eigenvalue weighted by Crippen LogP contribution is 2.21. The number of hydrogen-bond acceptors (Lipinski definition) is 4. The lowest BCUT2D eigenvalue weighted by molar-refractivity contribution is -0.146. The molecule has 1 amide bonds. The minimum absolute atomic E-state index is 0.252.